The Kier molecular flexibility index (Phi) is 10.3. The number of carbonyl (C=O) groups is 2. The number of hydrogen-bond donors (Lipinski definition) is 2. The summed E-state index contributed by atoms with van der Waals surface area (Å²) in [7, 11) is 2.98. The van der Waals surface area contributed by atoms with Gasteiger partial charge in [0.1, 0.15) is 6.04 Å². The molecule has 0 aromatic heterocycles. The lowest BCUT2D eigenvalue weighted by atomic mass is 10.1. The van der Waals surface area contributed by atoms with Crippen molar-refractivity contribution in [2.24, 2.45) is 0 Å². The van der Waals surface area contributed by atoms with Crippen LogP contribution in [0.2, 0.25) is 10.0 Å². The SMILES string of the molecule is COC(OC)[C@H](C)NC(=O)[C@@H](CCSC)NC(=O)c1ccc(Cl)cc1Cl. The first-order chi connectivity index (χ1) is 12.3. The van der Waals surface area contributed by atoms with Crippen LogP contribution in [0.1, 0.15) is 23.7 Å². The van der Waals surface area contributed by atoms with Crippen LogP contribution in [0.25, 0.3) is 0 Å². The van der Waals surface area contributed by atoms with Gasteiger partial charge in [0.2, 0.25) is 5.91 Å². The summed E-state index contributed by atoms with van der Waals surface area (Å²) in [6.07, 6.45) is 1.82. The summed E-state index contributed by atoms with van der Waals surface area (Å²) in [5.74, 6) is -0.0429. The predicted molar refractivity (Wildman–Crippen MR) is 106 cm³/mol. The fourth-order valence-electron chi connectivity index (χ4n) is 2.31. The molecule has 0 aliphatic rings. The topological polar surface area (TPSA) is 76.7 Å². The number of amides is 2. The van der Waals surface area contributed by atoms with Gasteiger partial charge in [0.05, 0.1) is 16.6 Å². The molecule has 1 aromatic rings. The number of methoxy groups -OCH3 is 2. The molecule has 0 saturated heterocycles. The predicted octanol–water partition coefficient (Wildman–Crippen LogP) is 2.97. The van der Waals surface area contributed by atoms with Crippen LogP contribution in [0.15, 0.2) is 18.2 Å². The highest BCUT2D eigenvalue weighted by molar-refractivity contribution is 7.98. The smallest absolute Gasteiger partial charge is 0.253 e. The summed E-state index contributed by atoms with van der Waals surface area (Å²) in [4.78, 5) is 25.1. The van der Waals surface area contributed by atoms with Crippen LogP contribution in [0.5, 0.6) is 0 Å². The average Bonchev–Trinajstić information content (AvgIpc) is 2.59. The Morgan fingerprint density at radius 1 is 1.19 bits per heavy atom. The van der Waals surface area contributed by atoms with E-state index in [2.05, 4.69) is 10.6 Å². The molecule has 1 aromatic carbocycles. The van der Waals surface area contributed by atoms with Gasteiger partial charge in [-0.3, -0.25) is 9.59 Å². The number of halogens is 2. The zero-order chi connectivity index (χ0) is 19.7. The van der Waals surface area contributed by atoms with Crippen molar-refractivity contribution in [3.8, 4) is 0 Å². The van der Waals surface area contributed by atoms with Crippen molar-refractivity contribution in [3.05, 3.63) is 33.8 Å². The Labute approximate surface area is 168 Å². The van der Waals surface area contributed by atoms with Crippen LogP contribution in [0.4, 0.5) is 0 Å². The number of thioether (sulfide) groups is 1. The fourth-order valence-corrected chi connectivity index (χ4v) is 3.28. The lowest BCUT2D eigenvalue weighted by molar-refractivity contribution is -0.137. The first-order valence-electron chi connectivity index (χ1n) is 7.94. The molecule has 6 nitrogen and oxygen atoms in total. The standard InChI is InChI=1S/C17H24Cl2N2O4S/c1-10(17(24-2)25-3)20-16(23)14(7-8-26-4)21-15(22)12-6-5-11(18)9-13(12)19/h5-6,9-10,14,17H,7-8H2,1-4H3,(H,20,23)(H,21,22)/t10-,14+/m0/s1. The molecule has 26 heavy (non-hydrogen) atoms. The zero-order valence-electron chi connectivity index (χ0n) is 15.2. The Morgan fingerprint density at radius 3 is 2.38 bits per heavy atom. The van der Waals surface area contributed by atoms with Crippen LogP contribution in [0, 0.1) is 0 Å². The summed E-state index contributed by atoms with van der Waals surface area (Å²) in [6.45, 7) is 1.76. The summed E-state index contributed by atoms with van der Waals surface area (Å²) < 4.78 is 10.3. The van der Waals surface area contributed by atoms with E-state index in [-0.39, 0.29) is 22.5 Å². The van der Waals surface area contributed by atoms with Crippen molar-refractivity contribution in [3.63, 3.8) is 0 Å². The average molecular weight is 423 g/mol. The number of rotatable bonds is 10. The van der Waals surface area contributed by atoms with Gasteiger partial charge in [-0.25, -0.2) is 0 Å². The van der Waals surface area contributed by atoms with Gasteiger partial charge in [-0.2, -0.15) is 11.8 Å². The van der Waals surface area contributed by atoms with Gasteiger partial charge in [0, 0.05) is 19.2 Å². The summed E-state index contributed by atoms with van der Waals surface area (Å²) in [5, 5.41) is 6.20. The van der Waals surface area contributed by atoms with E-state index in [1.807, 2.05) is 6.26 Å². The van der Waals surface area contributed by atoms with Crippen molar-refractivity contribution in [1.29, 1.82) is 0 Å². The molecule has 0 aliphatic carbocycles. The van der Waals surface area contributed by atoms with E-state index < -0.39 is 18.2 Å². The third kappa shape index (κ3) is 6.96. The van der Waals surface area contributed by atoms with E-state index >= 15 is 0 Å². The summed E-state index contributed by atoms with van der Waals surface area (Å²) >= 11 is 13.5. The molecule has 0 bridgehead atoms. The summed E-state index contributed by atoms with van der Waals surface area (Å²) in [5.41, 5.74) is 0.262. The van der Waals surface area contributed by atoms with Crippen molar-refractivity contribution in [2.75, 3.05) is 26.2 Å². The van der Waals surface area contributed by atoms with Crippen LogP contribution in [0.3, 0.4) is 0 Å². The zero-order valence-corrected chi connectivity index (χ0v) is 17.5. The molecule has 1 rings (SSSR count). The van der Waals surface area contributed by atoms with E-state index in [0.717, 1.165) is 0 Å². The molecular formula is C17H24Cl2N2O4S. The van der Waals surface area contributed by atoms with E-state index in [1.165, 1.54) is 26.4 Å². The molecule has 2 N–H and O–H groups in total. The van der Waals surface area contributed by atoms with E-state index in [4.69, 9.17) is 32.7 Å². The van der Waals surface area contributed by atoms with Gasteiger partial charge >= 0.3 is 0 Å². The number of benzene rings is 1. The molecule has 0 heterocycles. The van der Waals surface area contributed by atoms with Crippen LogP contribution in [-0.2, 0) is 14.3 Å². The molecule has 0 fully saturated rings. The second-order valence-corrected chi connectivity index (χ2v) is 7.40. The Morgan fingerprint density at radius 2 is 1.85 bits per heavy atom. The number of ether oxygens (including phenoxy) is 2. The van der Waals surface area contributed by atoms with Gasteiger partial charge in [-0.05, 0) is 43.6 Å². The Bertz CT molecular complexity index is 614. The first-order valence-corrected chi connectivity index (χ1v) is 10.1. The van der Waals surface area contributed by atoms with E-state index in [0.29, 0.717) is 17.2 Å². The molecular weight excluding hydrogens is 399 g/mol. The van der Waals surface area contributed by atoms with Gasteiger partial charge in [-0.1, -0.05) is 23.2 Å². The minimum absolute atomic E-state index is 0.228. The normalized spacial score (nSPS) is 13.3. The highest BCUT2D eigenvalue weighted by Gasteiger charge is 2.26. The second-order valence-electron chi connectivity index (χ2n) is 5.57. The molecule has 0 aliphatic heterocycles. The second kappa shape index (κ2) is 11.7. The molecule has 2 atom stereocenters. The van der Waals surface area contributed by atoms with Crippen molar-refractivity contribution in [1.82, 2.24) is 10.6 Å². The molecule has 146 valence electrons. The van der Waals surface area contributed by atoms with Crippen LogP contribution >= 0.6 is 35.0 Å². The Hall–Kier alpha value is -0.990. The highest BCUT2D eigenvalue weighted by atomic mass is 35.5. The third-order valence-electron chi connectivity index (χ3n) is 3.65. The van der Waals surface area contributed by atoms with Crippen molar-refractivity contribution < 1.29 is 19.1 Å². The maximum Gasteiger partial charge on any atom is 0.253 e. The quantitative estimate of drug-likeness (QED) is 0.566. The number of hydrogen-bond acceptors (Lipinski definition) is 5. The van der Waals surface area contributed by atoms with Crippen LogP contribution < -0.4 is 10.6 Å². The van der Waals surface area contributed by atoms with Gasteiger partial charge < -0.3 is 20.1 Å². The molecule has 2 amide bonds. The molecule has 0 unspecified atom stereocenters. The van der Waals surface area contributed by atoms with Gasteiger partial charge in [-0.15, -0.1) is 0 Å². The Balaban J connectivity index is 2.85. The third-order valence-corrected chi connectivity index (χ3v) is 4.84. The minimum Gasteiger partial charge on any atom is -0.354 e. The molecule has 9 heteroatoms. The molecule has 0 saturated carbocycles. The van der Waals surface area contributed by atoms with E-state index in [1.54, 1.807) is 24.8 Å². The summed E-state index contributed by atoms with van der Waals surface area (Å²) in [6, 6.07) is 3.49. The first kappa shape index (κ1) is 23.0. The van der Waals surface area contributed by atoms with Gasteiger partial charge in [0.25, 0.3) is 5.91 Å². The van der Waals surface area contributed by atoms with Crippen molar-refractivity contribution in [2.45, 2.75) is 31.7 Å². The van der Waals surface area contributed by atoms with Gasteiger partial charge in [0.15, 0.2) is 6.29 Å². The lowest BCUT2D eigenvalue weighted by Gasteiger charge is -2.25. The monoisotopic (exact) mass is 422 g/mol. The minimum atomic E-state index is -0.710. The molecule has 0 radical (unpaired) electrons. The maximum absolute atomic E-state index is 12.6. The largest absolute Gasteiger partial charge is 0.354 e. The lowest BCUT2D eigenvalue weighted by Crippen LogP contribution is -2.52. The number of nitrogens with one attached hydrogen (secondary N) is 2. The van der Waals surface area contributed by atoms with E-state index in [9.17, 15) is 9.59 Å². The number of carbonyl (C=O) groups excluding carboxylic acids is 2. The fraction of sp³-hybridized carbons (Fsp3) is 0.529. The highest BCUT2D eigenvalue weighted by Crippen LogP contribution is 2.21. The molecule has 0 spiro atoms. The van der Waals surface area contributed by atoms with Crippen molar-refractivity contribution >= 4 is 46.8 Å². The van der Waals surface area contributed by atoms with Crippen LogP contribution in [-0.4, -0.2) is 56.4 Å². The maximum atomic E-state index is 12.6.